The standard InChI is InChI=1S/C19H15N5O2/c1-11-5-7-13(8-6-11)10-15-22-23-19(26-15)18-17(24-25)16-14(12(2)21-18)4-3-9-20-16/h3-9H,10H2,1-2H3. The summed E-state index contributed by atoms with van der Waals surface area (Å²) in [5, 5.41) is 12.0. The Morgan fingerprint density at radius 2 is 1.88 bits per heavy atom. The van der Waals surface area contributed by atoms with E-state index < -0.39 is 0 Å². The van der Waals surface area contributed by atoms with E-state index in [1.807, 2.05) is 44.2 Å². The summed E-state index contributed by atoms with van der Waals surface area (Å²) < 4.78 is 5.74. The Morgan fingerprint density at radius 1 is 1.08 bits per heavy atom. The summed E-state index contributed by atoms with van der Waals surface area (Å²) in [4.78, 5) is 20.1. The topological polar surface area (TPSA) is 94.1 Å². The quantitative estimate of drug-likeness (QED) is 0.512. The molecule has 26 heavy (non-hydrogen) atoms. The lowest BCUT2D eigenvalue weighted by atomic mass is 10.1. The fraction of sp³-hybridized carbons (Fsp3) is 0.158. The first-order chi connectivity index (χ1) is 12.7. The molecule has 0 bridgehead atoms. The number of aromatic nitrogens is 4. The van der Waals surface area contributed by atoms with E-state index in [1.165, 1.54) is 5.56 Å². The molecule has 0 fully saturated rings. The Hall–Kier alpha value is -3.48. The number of nitroso groups, excluding NO2 is 1. The Kier molecular flexibility index (Phi) is 3.96. The van der Waals surface area contributed by atoms with Crippen molar-refractivity contribution in [3.8, 4) is 11.6 Å². The zero-order valence-corrected chi connectivity index (χ0v) is 14.3. The molecule has 7 nitrogen and oxygen atoms in total. The van der Waals surface area contributed by atoms with Crippen LogP contribution in [0.2, 0.25) is 0 Å². The minimum atomic E-state index is 0.108. The van der Waals surface area contributed by atoms with E-state index in [0.717, 1.165) is 10.9 Å². The normalized spacial score (nSPS) is 11.0. The highest BCUT2D eigenvalue weighted by Gasteiger charge is 2.20. The first kappa shape index (κ1) is 16.0. The molecule has 0 unspecified atom stereocenters. The number of benzene rings is 1. The lowest BCUT2D eigenvalue weighted by Crippen LogP contribution is -1.93. The van der Waals surface area contributed by atoms with Gasteiger partial charge in [0.25, 0.3) is 5.89 Å². The number of hydrogen-bond acceptors (Lipinski definition) is 7. The number of pyridine rings is 2. The van der Waals surface area contributed by atoms with E-state index in [2.05, 4.69) is 25.3 Å². The van der Waals surface area contributed by atoms with Crippen LogP contribution < -0.4 is 0 Å². The number of nitrogens with zero attached hydrogens (tertiary/aromatic N) is 5. The van der Waals surface area contributed by atoms with Crippen molar-refractivity contribution in [2.45, 2.75) is 20.3 Å². The third-order valence-electron chi connectivity index (χ3n) is 4.16. The molecule has 0 saturated carbocycles. The van der Waals surface area contributed by atoms with Crippen molar-refractivity contribution < 1.29 is 4.42 Å². The molecular formula is C19H15N5O2. The Bertz CT molecular complexity index is 1100. The van der Waals surface area contributed by atoms with Gasteiger partial charge in [-0.25, -0.2) is 4.98 Å². The minimum Gasteiger partial charge on any atom is -0.419 e. The predicted octanol–water partition coefficient (Wildman–Crippen LogP) is 4.29. The van der Waals surface area contributed by atoms with E-state index in [9.17, 15) is 4.91 Å². The zero-order chi connectivity index (χ0) is 18.1. The van der Waals surface area contributed by atoms with Gasteiger partial charge in [-0.1, -0.05) is 29.8 Å². The monoisotopic (exact) mass is 345 g/mol. The van der Waals surface area contributed by atoms with Crippen LogP contribution in [-0.2, 0) is 6.42 Å². The number of hydrogen-bond donors (Lipinski definition) is 0. The van der Waals surface area contributed by atoms with Crippen LogP contribution in [0.15, 0.2) is 52.2 Å². The van der Waals surface area contributed by atoms with E-state index in [0.29, 0.717) is 23.5 Å². The number of fused-ring (bicyclic) bond motifs is 1. The molecular weight excluding hydrogens is 330 g/mol. The molecule has 0 atom stereocenters. The van der Waals surface area contributed by atoms with Crippen molar-refractivity contribution >= 4 is 16.6 Å². The first-order valence-corrected chi connectivity index (χ1v) is 8.12. The van der Waals surface area contributed by atoms with Crippen molar-refractivity contribution in [3.05, 3.63) is 70.2 Å². The van der Waals surface area contributed by atoms with Gasteiger partial charge >= 0.3 is 0 Å². The van der Waals surface area contributed by atoms with Gasteiger partial charge in [-0.2, -0.15) is 0 Å². The van der Waals surface area contributed by atoms with E-state index in [1.54, 1.807) is 12.3 Å². The third kappa shape index (κ3) is 2.83. The summed E-state index contributed by atoms with van der Waals surface area (Å²) in [6.07, 6.45) is 2.11. The van der Waals surface area contributed by atoms with Crippen molar-refractivity contribution in [1.29, 1.82) is 0 Å². The molecule has 0 aliphatic carbocycles. The molecule has 0 aliphatic rings. The van der Waals surface area contributed by atoms with E-state index in [4.69, 9.17) is 4.42 Å². The maximum Gasteiger partial charge on any atom is 0.268 e. The largest absolute Gasteiger partial charge is 0.419 e. The zero-order valence-electron chi connectivity index (χ0n) is 14.3. The van der Waals surface area contributed by atoms with Gasteiger partial charge in [0.15, 0.2) is 11.4 Å². The second-order valence-corrected chi connectivity index (χ2v) is 6.05. The smallest absolute Gasteiger partial charge is 0.268 e. The molecule has 0 saturated heterocycles. The second kappa shape index (κ2) is 6.44. The van der Waals surface area contributed by atoms with Crippen LogP contribution in [0.5, 0.6) is 0 Å². The van der Waals surface area contributed by atoms with Crippen LogP contribution in [0.25, 0.3) is 22.5 Å². The van der Waals surface area contributed by atoms with Gasteiger partial charge in [-0.05, 0) is 36.7 Å². The first-order valence-electron chi connectivity index (χ1n) is 8.12. The van der Waals surface area contributed by atoms with Crippen LogP contribution in [0.4, 0.5) is 5.69 Å². The molecule has 0 spiro atoms. The molecule has 3 heterocycles. The molecule has 4 rings (SSSR count). The van der Waals surface area contributed by atoms with Crippen LogP contribution >= 0.6 is 0 Å². The average Bonchev–Trinajstić information content (AvgIpc) is 3.12. The maximum atomic E-state index is 11.4. The summed E-state index contributed by atoms with van der Waals surface area (Å²) in [6.45, 7) is 3.87. The van der Waals surface area contributed by atoms with Crippen molar-refractivity contribution in [3.63, 3.8) is 0 Å². The summed E-state index contributed by atoms with van der Waals surface area (Å²) in [6, 6.07) is 11.7. The molecule has 128 valence electrons. The lowest BCUT2D eigenvalue weighted by molar-refractivity contribution is 0.516. The molecule has 0 radical (unpaired) electrons. The molecule has 4 aromatic rings. The van der Waals surface area contributed by atoms with E-state index >= 15 is 0 Å². The molecule has 0 aliphatic heterocycles. The fourth-order valence-electron chi connectivity index (χ4n) is 2.82. The van der Waals surface area contributed by atoms with E-state index in [-0.39, 0.29) is 17.3 Å². The molecule has 0 amide bonds. The summed E-state index contributed by atoms with van der Waals surface area (Å²) >= 11 is 0. The number of aryl methyl sites for hydroxylation is 2. The Labute approximate surface area is 149 Å². The Balaban J connectivity index is 1.75. The minimum absolute atomic E-state index is 0.108. The summed E-state index contributed by atoms with van der Waals surface area (Å²) in [5.74, 6) is 0.610. The summed E-state index contributed by atoms with van der Waals surface area (Å²) in [7, 11) is 0. The molecule has 1 aromatic carbocycles. The van der Waals surface area contributed by atoms with Crippen molar-refractivity contribution in [2.75, 3.05) is 0 Å². The van der Waals surface area contributed by atoms with Crippen LogP contribution in [0, 0.1) is 18.8 Å². The van der Waals surface area contributed by atoms with Gasteiger partial charge in [0.2, 0.25) is 5.89 Å². The third-order valence-corrected chi connectivity index (χ3v) is 4.16. The highest BCUT2D eigenvalue weighted by atomic mass is 16.4. The van der Waals surface area contributed by atoms with Gasteiger partial charge in [-0.3, -0.25) is 4.98 Å². The second-order valence-electron chi connectivity index (χ2n) is 6.05. The number of rotatable bonds is 4. The SMILES string of the molecule is Cc1ccc(Cc2nnc(-c3nc(C)c4cccnc4c3N=O)o2)cc1. The predicted molar refractivity (Wildman–Crippen MR) is 97.0 cm³/mol. The molecule has 0 N–H and O–H groups in total. The fourth-order valence-corrected chi connectivity index (χ4v) is 2.82. The van der Waals surface area contributed by atoms with Crippen LogP contribution in [-0.4, -0.2) is 20.2 Å². The van der Waals surface area contributed by atoms with Crippen molar-refractivity contribution in [2.24, 2.45) is 5.18 Å². The highest BCUT2D eigenvalue weighted by Crippen LogP contribution is 2.34. The average molecular weight is 345 g/mol. The Morgan fingerprint density at radius 3 is 2.65 bits per heavy atom. The molecule has 7 heteroatoms. The van der Waals surface area contributed by atoms with Crippen molar-refractivity contribution in [1.82, 2.24) is 20.2 Å². The molecule has 3 aromatic heterocycles. The maximum absolute atomic E-state index is 11.4. The van der Waals surface area contributed by atoms with Gasteiger partial charge < -0.3 is 4.42 Å². The van der Waals surface area contributed by atoms with Gasteiger partial charge in [0.1, 0.15) is 5.52 Å². The summed E-state index contributed by atoms with van der Waals surface area (Å²) in [5.41, 5.74) is 3.80. The van der Waals surface area contributed by atoms with Crippen LogP contribution in [0.1, 0.15) is 22.7 Å². The van der Waals surface area contributed by atoms with Gasteiger partial charge in [0, 0.05) is 17.3 Å². The van der Waals surface area contributed by atoms with Crippen LogP contribution in [0.3, 0.4) is 0 Å². The lowest BCUT2D eigenvalue weighted by Gasteiger charge is -2.05. The van der Waals surface area contributed by atoms with Gasteiger partial charge in [-0.15, -0.1) is 15.1 Å². The van der Waals surface area contributed by atoms with Gasteiger partial charge in [0.05, 0.1) is 6.42 Å². The highest BCUT2D eigenvalue weighted by molar-refractivity contribution is 5.95.